The summed E-state index contributed by atoms with van der Waals surface area (Å²) in [6.45, 7) is 0.352. The van der Waals surface area contributed by atoms with Gasteiger partial charge in [-0.05, 0) is 18.2 Å². The Balaban J connectivity index is 1.73. The van der Waals surface area contributed by atoms with Gasteiger partial charge in [0.05, 0.1) is 16.8 Å². The van der Waals surface area contributed by atoms with Crippen LogP contribution in [0, 0.1) is 0 Å². The first-order chi connectivity index (χ1) is 9.72. The molecule has 0 atom stereocenters. The highest BCUT2D eigenvalue weighted by molar-refractivity contribution is 7.18. The topological polar surface area (TPSA) is 74.8 Å². The van der Waals surface area contributed by atoms with Gasteiger partial charge in [0.15, 0.2) is 0 Å². The van der Waals surface area contributed by atoms with E-state index in [1.54, 1.807) is 17.4 Å². The Hall–Kier alpha value is -2.47. The predicted molar refractivity (Wildman–Crippen MR) is 77.9 cm³/mol. The van der Waals surface area contributed by atoms with Crippen LogP contribution in [0.3, 0.4) is 0 Å². The van der Waals surface area contributed by atoms with Crippen molar-refractivity contribution in [2.45, 2.75) is 6.54 Å². The van der Waals surface area contributed by atoms with Gasteiger partial charge in [0.25, 0.3) is 5.91 Å². The quantitative estimate of drug-likeness (QED) is 0.772. The van der Waals surface area contributed by atoms with Crippen molar-refractivity contribution in [3.63, 3.8) is 0 Å². The number of nitrogens with zero attached hydrogens (tertiary/aromatic N) is 1. The Morgan fingerprint density at radius 2 is 2.15 bits per heavy atom. The fourth-order valence-corrected chi connectivity index (χ4v) is 2.75. The molecule has 0 spiro atoms. The van der Waals surface area contributed by atoms with Gasteiger partial charge in [-0.25, -0.2) is 4.98 Å². The van der Waals surface area contributed by atoms with Crippen LogP contribution in [0.1, 0.15) is 15.4 Å². The van der Waals surface area contributed by atoms with E-state index in [2.05, 4.69) is 15.3 Å². The fraction of sp³-hybridized carbons (Fsp3) is 0.0714. The summed E-state index contributed by atoms with van der Waals surface area (Å²) in [6, 6.07) is 10.7. The van der Waals surface area contributed by atoms with Crippen LogP contribution in [-0.4, -0.2) is 15.9 Å². The predicted octanol–water partition coefficient (Wildman–Crippen LogP) is 1.91. The number of rotatable bonds is 3. The van der Waals surface area contributed by atoms with Gasteiger partial charge in [0.2, 0.25) is 5.56 Å². The molecule has 2 heterocycles. The third-order valence-corrected chi connectivity index (χ3v) is 3.81. The minimum Gasteiger partial charge on any atom is -0.346 e. The molecule has 0 radical (unpaired) electrons. The van der Waals surface area contributed by atoms with Crippen molar-refractivity contribution >= 4 is 27.5 Å². The molecule has 6 heteroatoms. The monoisotopic (exact) mass is 285 g/mol. The Morgan fingerprint density at radius 1 is 1.30 bits per heavy atom. The molecule has 0 aliphatic carbocycles. The number of thiazole rings is 1. The maximum Gasteiger partial charge on any atom is 0.251 e. The van der Waals surface area contributed by atoms with E-state index in [0.29, 0.717) is 12.1 Å². The van der Waals surface area contributed by atoms with Gasteiger partial charge in [0, 0.05) is 17.8 Å². The first-order valence-corrected chi connectivity index (χ1v) is 6.85. The molecule has 20 heavy (non-hydrogen) atoms. The van der Waals surface area contributed by atoms with Crippen LogP contribution < -0.4 is 10.9 Å². The van der Waals surface area contributed by atoms with Crippen molar-refractivity contribution in [1.82, 2.24) is 15.3 Å². The molecule has 0 bridgehead atoms. The second-order valence-corrected chi connectivity index (χ2v) is 5.31. The zero-order chi connectivity index (χ0) is 13.9. The lowest BCUT2D eigenvalue weighted by Gasteiger charge is -2.01. The molecule has 2 N–H and O–H groups in total. The summed E-state index contributed by atoms with van der Waals surface area (Å²) >= 11 is 1.54. The number of pyridine rings is 1. The SMILES string of the molecule is O=C(NCc1nc2ccccc2s1)c1cc[nH]c(=O)c1. The summed E-state index contributed by atoms with van der Waals surface area (Å²) in [5.41, 5.74) is 0.977. The number of para-hydroxylation sites is 1. The van der Waals surface area contributed by atoms with Crippen molar-refractivity contribution in [3.8, 4) is 0 Å². The highest BCUT2D eigenvalue weighted by atomic mass is 32.1. The molecule has 0 aliphatic heterocycles. The molecule has 0 aliphatic rings. The van der Waals surface area contributed by atoms with Crippen LogP contribution in [-0.2, 0) is 6.54 Å². The largest absolute Gasteiger partial charge is 0.346 e. The van der Waals surface area contributed by atoms with Gasteiger partial charge in [0.1, 0.15) is 5.01 Å². The molecule has 100 valence electrons. The number of nitrogens with one attached hydrogen (secondary N) is 2. The fourth-order valence-electron chi connectivity index (χ4n) is 1.84. The molecule has 1 aromatic carbocycles. The smallest absolute Gasteiger partial charge is 0.251 e. The van der Waals surface area contributed by atoms with Gasteiger partial charge in [-0.15, -0.1) is 11.3 Å². The van der Waals surface area contributed by atoms with Gasteiger partial charge < -0.3 is 10.3 Å². The molecule has 2 aromatic heterocycles. The highest BCUT2D eigenvalue weighted by Gasteiger charge is 2.08. The standard InChI is InChI=1S/C14H11N3O2S/c18-12-7-9(5-6-15-12)14(19)16-8-13-17-10-3-1-2-4-11(10)20-13/h1-7H,8H2,(H,15,18)(H,16,19). The van der Waals surface area contributed by atoms with Crippen molar-refractivity contribution in [2.75, 3.05) is 0 Å². The van der Waals surface area contributed by atoms with Gasteiger partial charge in [-0.1, -0.05) is 12.1 Å². The van der Waals surface area contributed by atoms with Crippen LogP contribution in [0.15, 0.2) is 47.4 Å². The number of aromatic amines is 1. The summed E-state index contributed by atoms with van der Waals surface area (Å²) in [5.74, 6) is -0.282. The van der Waals surface area contributed by atoms with E-state index in [4.69, 9.17) is 0 Å². The number of H-pyrrole nitrogens is 1. The molecule has 5 nitrogen and oxygen atoms in total. The first kappa shape index (κ1) is 12.6. The second-order valence-electron chi connectivity index (χ2n) is 4.20. The average Bonchev–Trinajstić information content (AvgIpc) is 2.87. The van der Waals surface area contributed by atoms with Crippen molar-refractivity contribution < 1.29 is 4.79 Å². The minimum atomic E-state index is -0.294. The molecule has 1 amide bonds. The lowest BCUT2D eigenvalue weighted by molar-refractivity contribution is 0.0950. The van der Waals surface area contributed by atoms with Crippen LogP contribution in [0.25, 0.3) is 10.2 Å². The summed E-state index contributed by atoms with van der Waals surface area (Å²) < 4.78 is 1.09. The van der Waals surface area contributed by atoms with E-state index in [0.717, 1.165) is 15.2 Å². The van der Waals surface area contributed by atoms with Crippen molar-refractivity contribution in [3.05, 3.63) is 63.5 Å². The molecular formula is C14H11N3O2S. The number of aromatic nitrogens is 2. The van der Waals surface area contributed by atoms with Crippen molar-refractivity contribution in [2.24, 2.45) is 0 Å². The lowest BCUT2D eigenvalue weighted by Crippen LogP contribution is -2.24. The number of carbonyl (C=O) groups is 1. The van der Waals surface area contributed by atoms with Crippen LogP contribution in [0.2, 0.25) is 0 Å². The van der Waals surface area contributed by atoms with Gasteiger partial charge >= 0.3 is 0 Å². The zero-order valence-electron chi connectivity index (χ0n) is 10.4. The number of hydrogen-bond donors (Lipinski definition) is 2. The third kappa shape index (κ3) is 2.60. The second kappa shape index (κ2) is 5.26. The molecule has 0 saturated heterocycles. The van der Waals surface area contributed by atoms with Crippen LogP contribution in [0.5, 0.6) is 0 Å². The molecule has 0 fully saturated rings. The van der Waals surface area contributed by atoms with Gasteiger partial charge in [-0.2, -0.15) is 0 Å². The molecule has 0 saturated carbocycles. The molecular weight excluding hydrogens is 274 g/mol. The summed E-state index contributed by atoms with van der Waals surface area (Å²) in [4.78, 5) is 29.9. The Morgan fingerprint density at radius 3 is 2.95 bits per heavy atom. The number of benzene rings is 1. The van der Waals surface area contributed by atoms with E-state index >= 15 is 0 Å². The Kier molecular flexibility index (Phi) is 3.30. The Labute approximate surface area is 118 Å². The summed E-state index contributed by atoms with van der Waals surface area (Å²) in [7, 11) is 0. The van der Waals surface area contributed by atoms with Crippen molar-refractivity contribution in [1.29, 1.82) is 0 Å². The molecule has 3 rings (SSSR count). The number of amides is 1. The maximum absolute atomic E-state index is 11.9. The van der Waals surface area contributed by atoms with Crippen LogP contribution in [0.4, 0.5) is 0 Å². The van der Waals surface area contributed by atoms with E-state index in [1.165, 1.54) is 12.3 Å². The average molecular weight is 285 g/mol. The van der Waals surface area contributed by atoms with E-state index in [1.807, 2.05) is 24.3 Å². The minimum absolute atomic E-state index is 0.282. The summed E-state index contributed by atoms with van der Waals surface area (Å²) in [6.07, 6.45) is 1.45. The number of carbonyl (C=O) groups excluding carboxylic acids is 1. The van der Waals surface area contributed by atoms with Crippen LogP contribution >= 0.6 is 11.3 Å². The first-order valence-electron chi connectivity index (χ1n) is 6.04. The normalized spacial score (nSPS) is 10.6. The number of hydrogen-bond acceptors (Lipinski definition) is 4. The van der Waals surface area contributed by atoms with E-state index < -0.39 is 0 Å². The highest BCUT2D eigenvalue weighted by Crippen LogP contribution is 2.21. The Bertz CT molecular complexity index is 789. The van der Waals surface area contributed by atoms with E-state index in [-0.39, 0.29) is 11.5 Å². The maximum atomic E-state index is 11.9. The third-order valence-electron chi connectivity index (χ3n) is 2.78. The van der Waals surface area contributed by atoms with E-state index in [9.17, 15) is 9.59 Å². The molecule has 0 unspecified atom stereocenters. The van der Waals surface area contributed by atoms with Gasteiger partial charge in [-0.3, -0.25) is 9.59 Å². The summed E-state index contributed by atoms with van der Waals surface area (Å²) in [5, 5.41) is 3.60. The molecule has 3 aromatic rings. The lowest BCUT2D eigenvalue weighted by atomic mass is 10.2. The number of fused-ring (bicyclic) bond motifs is 1. The zero-order valence-corrected chi connectivity index (χ0v) is 11.2.